The third kappa shape index (κ3) is 5.74. The van der Waals surface area contributed by atoms with E-state index >= 15 is 0 Å². The number of nitrogens with zero attached hydrogens (tertiary/aromatic N) is 3. The number of benzene rings is 1. The zero-order chi connectivity index (χ0) is 18.4. The quantitative estimate of drug-likeness (QED) is 0.799. The number of hydrogen-bond donors (Lipinski definition) is 0. The molecule has 0 bridgehead atoms. The third-order valence-electron chi connectivity index (χ3n) is 4.41. The summed E-state index contributed by atoms with van der Waals surface area (Å²) in [5.74, 6) is -0.00692. The maximum atomic E-state index is 12.4. The Balaban J connectivity index is 1.84. The summed E-state index contributed by atoms with van der Waals surface area (Å²) in [4.78, 5) is 40.7. The molecule has 0 aliphatic carbocycles. The van der Waals surface area contributed by atoms with Crippen LogP contribution < -0.4 is 0 Å². The van der Waals surface area contributed by atoms with Crippen LogP contribution in [-0.2, 0) is 20.9 Å². The first kappa shape index (κ1) is 19.2. The summed E-state index contributed by atoms with van der Waals surface area (Å²) in [6.07, 6.45) is 0.285. The Bertz CT molecular complexity index is 625. The zero-order valence-electron chi connectivity index (χ0n) is 14.7. The van der Waals surface area contributed by atoms with E-state index in [0.29, 0.717) is 44.3 Å². The molecule has 1 aliphatic heterocycles. The number of rotatable bonds is 5. The minimum absolute atomic E-state index is 0.0190. The molecule has 1 heterocycles. The molecule has 0 atom stereocenters. The Morgan fingerprint density at radius 3 is 2.08 bits per heavy atom. The molecule has 1 aromatic rings. The molecule has 3 amide bonds. The highest BCUT2D eigenvalue weighted by atomic mass is 35.5. The first-order valence-electron chi connectivity index (χ1n) is 8.40. The van der Waals surface area contributed by atoms with Crippen molar-refractivity contribution in [1.29, 1.82) is 0 Å². The van der Waals surface area contributed by atoms with Crippen molar-refractivity contribution in [2.75, 3.05) is 32.7 Å². The normalized spacial score (nSPS) is 14.4. The van der Waals surface area contributed by atoms with Gasteiger partial charge in [-0.15, -0.1) is 0 Å². The second-order valence-corrected chi connectivity index (χ2v) is 6.64. The summed E-state index contributed by atoms with van der Waals surface area (Å²) >= 11 is 5.87. The van der Waals surface area contributed by atoms with Crippen LogP contribution in [0.5, 0.6) is 0 Å². The second-order valence-electron chi connectivity index (χ2n) is 6.20. The molecule has 1 saturated heterocycles. The van der Waals surface area contributed by atoms with Crippen molar-refractivity contribution >= 4 is 29.3 Å². The predicted octanol–water partition coefficient (Wildman–Crippen LogP) is 1.77. The van der Waals surface area contributed by atoms with Crippen LogP contribution >= 0.6 is 11.6 Å². The van der Waals surface area contributed by atoms with Gasteiger partial charge < -0.3 is 14.7 Å². The standard InChI is InChI=1S/C18H24ClN3O3/c1-14(23)20-9-11-21(12-10-20)18(25)7-8-22(15(2)24)13-16-3-5-17(19)6-4-16/h3-6H,7-13H2,1-2H3. The fraction of sp³-hybridized carbons (Fsp3) is 0.500. The molecule has 1 aromatic carbocycles. The minimum atomic E-state index is -0.0656. The van der Waals surface area contributed by atoms with E-state index in [1.165, 1.54) is 6.92 Å². The van der Waals surface area contributed by atoms with Crippen molar-refractivity contribution in [2.24, 2.45) is 0 Å². The van der Waals surface area contributed by atoms with Gasteiger partial charge in [-0.05, 0) is 17.7 Å². The van der Waals surface area contributed by atoms with Crippen LogP contribution in [-0.4, -0.2) is 65.1 Å². The Morgan fingerprint density at radius 2 is 1.56 bits per heavy atom. The van der Waals surface area contributed by atoms with Gasteiger partial charge in [-0.25, -0.2) is 0 Å². The molecule has 7 heteroatoms. The zero-order valence-corrected chi connectivity index (χ0v) is 15.5. The number of amides is 3. The minimum Gasteiger partial charge on any atom is -0.339 e. The molecular formula is C18H24ClN3O3. The molecule has 136 valence electrons. The van der Waals surface area contributed by atoms with E-state index in [4.69, 9.17) is 11.6 Å². The molecule has 0 radical (unpaired) electrons. The molecule has 1 fully saturated rings. The third-order valence-corrected chi connectivity index (χ3v) is 4.66. The molecule has 1 aliphatic rings. The average molecular weight is 366 g/mol. The van der Waals surface area contributed by atoms with Gasteiger partial charge in [-0.2, -0.15) is 0 Å². The predicted molar refractivity (Wildman–Crippen MR) is 96.0 cm³/mol. The van der Waals surface area contributed by atoms with Crippen molar-refractivity contribution < 1.29 is 14.4 Å². The lowest BCUT2D eigenvalue weighted by atomic mass is 10.2. The molecule has 2 rings (SSSR count). The summed E-state index contributed by atoms with van der Waals surface area (Å²) in [6.45, 7) is 6.13. The number of hydrogen-bond acceptors (Lipinski definition) is 3. The van der Waals surface area contributed by atoms with Crippen LogP contribution in [0, 0.1) is 0 Å². The lowest BCUT2D eigenvalue weighted by molar-refractivity contribution is -0.139. The van der Waals surface area contributed by atoms with Crippen molar-refractivity contribution in [3.63, 3.8) is 0 Å². The van der Waals surface area contributed by atoms with Crippen LogP contribution in [0.1, 0.15) is 25.8 Å². The van der Waals surface area contributed by atoms with Crippen LogP contribution in [0.3, 0.4) is 0 Å². The lowest BCUT2D eigenvalue weighted by Crippen LogP contribution is -2.50. The molecule has 0 saturated carbocycles. The van der Waals surface area contributed by atoms with Gasteiger partial charge >= 0.3 is 0 Å². The molecule has 0 spiro atoms. The second kappa shape index (κ2) is 8.85. The van der Waals surface area contributed by atoms with E-state index in [9.17, 15) is 14.4 Å². The van der Waals surface area contributed by atoms with E-state index < -0.39 is 0 Å². The maximum Gasteiger partial charge on any atom is 0.224 e. The molecule has 0 N–H and O–H groups in total. The Morgan fingerprint density at radius 1 is 1.00 bits per heavy atom. The Kier molecular flexibility index (Phi) is 6.82. The smallest absolute Gasteiger partial charge is 0.224 e. The van der Waals surface area contributed by atoms with E-state index in [-0.39, 0.29) is 24.1 Å². The van der Waals surface area contributed by atoms with Crippen LogP contribution in [0.4, 0.5) is 0 Å². The summed E-state index contributed by atoms with van der Waals surface area (Å²) < 4.78 is 0. The largest absolute Gasteiger partial charge is 0.339 e. The Hall–Kier alpha value is -2.08. The van der Waals surface area contributed by atoms with E-state index in [1.807, 2.05) is 12.1 Å². The van der Waals surface area contributed by atoms with Gasteiger partial charge in [0.05, 0.1) is 0 Å². The number of piperazine rings is 1. The highest BCUT2D eigenvalue weighted by Crippen LogP contribution is 2.12. The summed E-state index contributed by atoms with van der Waals surface area (Å²) in [5.41, 5.74) is 0.974. The number of carbonyl (C=O) groups is 3. The van der Waals surface area contributed by atoms with Gasteiger partial charge in [0.15, 0.2) is 0 Å². The van der Waals surface area contributed by atoms with Crippen molar-refractivity contribution in [2.45, 2.75) is 26.8 Å². The van der Waals surface area contributed by atoms with Crippen molar-refractivity contribution in [3.8, 4) is 0 Å². The van der Waals surface area contributed by atoms with Crippen LogP contribution in [0.2, 0.25) is 5.02 Å². The van der Waals surface area contributed by atoms with Gasteiger partial charge in [0.25, 0.3) is 0 Å². The van der Waals surface area contributed by atoms with E-state index in [1.54, 1.807) is 33.8 Å². The molecule has 6 nitrogen and oxygen atoms in total. The first-order valence-corrected chi connectivity index (χ1v) is 8.78. The Labute approximate surface area is 153 Å². The van der Waals surface area contributed by atoms with Gasteiger partial charge in [0.2, 0.25) is 17.7 Å². The molecule has 0 aromatic heterocycles. The number of carbonyl (C=O) groups excluding carboxylic acids is 3. The lowest BCUT2D eigenvalue weighted by Gasteiger charge is -2.34. The first-order chi connectivity index (χ1) is 11.9. The van der Waals surface area contributed by atoms with Crippen molar-refractivity contribution in [1.82, 2.24) is 14.7 Å². The summed E-state index contributed by atoms with van der Waals surface area (Å²) in [6, 6.07) is 7.33. The summed E-state index contributed by atoms with van der Waals surface area (Å²) in [7, 11) is 0. The van der Waals surface area contributed by atoms with Gasteiger partial charge in [-0.3, -0.25) is 14.4 Å². The van der Waals surface area contributed by atoms with Crippen molar-refractivity contribution in [3.05, 3.63) is 34.9 Å². The van der Waals surface area contributed by atoms with Crippen LogP contribution in [0.25, 0.3) is 0 Å². The molecular weight excluding hydrogens is 342 g/mol. The van der Waals surface area contributed by atoms with Gasteiger partial charge in [-0.1, -0.05) is 23.7 Å². The fourth-order valence-corrected chi connectivity index (χ4v) is 2.94. The average Bonchev–Trinajstić information content (AvgIpc) is 2.59. The van der Waals surface area contributed by atoms with Crippen LogP contribution in [0.15, 0.2) is 24.3 Å². The molecule has 25 heavy (non-hydrogen) atoms. The maximum absolute atomic E-state index is 12.4. The monoisotopic (exact) mass is 365 g/mol. The van der Waals surface area contributed by atoms with E-state index in [0.717, 1.165) is 5.56 Å². The fourth-order valence-electron chi connectivity index (χ4n) is 2.82. The highest BCUT2D eigenvalue weighted by molar-refractivity contribution is 6.30. The SMILES string of the molecule is CC(=O)N1CCN(C(=O)CCN(Cc2ccc(Cl)cc2)C(C)=O)CC1. The van der Waals surface area contributed by atoms with Gasteiger partial charge in [0, 0.05) is 64.6 Å². The topological polar surface area (TPSA) is 60.9 Å². The van der Waals surface area contributed by atoms with Gasteiger partial charge in [0.1, 0.15) is 0 Å². The van der Waals surface area contributed by atoms with E-state index in [2.05, 4.69) is 0 Å². The summed E-state index contributed by atoms with van der Waals surface area (Å²) in [5, 5.41) is 0.651. The highest BCUT2D eigenvalue weighted by Gasteiger charge is 2.22. The molecule has 0 unspecified atom stereocenters. The number of halogens is 1.